The van der Waals surface area contributed by atoms with Crippen LogP contribution in [0.15, 0.2) is 48.7 Å². The molecule has 1 fully saturated rings. The molecule has 0 spiro atoms. The molecule has 2 amide bonds. The molecule has 0 bridgehead atoms. The highest BCUT2D eigenvalue weighted by Gasteiger charge is 2.31. The lowest BCUT2D eigenvalue weighted by atomic mass is 10.2. The van der Waals surface area contributed by atoms with Gasteiger partial charge in [-0.15, -0.1) is 0 Å². The molecule has 1 aliphatic heterocycles. The molecule has 0 unspecified atom stereocenters. The largest absolute Gasteiger partial charge is 0.460 e. The average molecular weight is 424 g/mol. The predicted octanol–water partition coefficient (Wildman–Crippen LogP) is 4.14. The van der Waals surface area contributed by atoms with Gasteiger partial charge in [0.15, 0.2) is 0 Å². The Bertz CT molecular complexity index is 1140. The van der Waals surface area contributed by atoms with Gasteiger partial charge in [-0.2, -0.15) is 5.10 Å². The number of hydrogen-bond donors (Lipinski definition) is 0. The molecule has 2 aromatic carbocycles. The number of halogens is 1. The van der Waals surface area contributed by atoms with Gasteiger partial charge in [0.05, 0.1) is 23.8 Å². The van der Waals surface area contributed by atoms with Crippen molar-refractivity contribution in [3.05, 3.63) is 54.5 Å². The molecule has 3 aromatic rings. The number of aromatic nitrogens is 2. The molecular formula is C23H25FN4O3. The van der Waals surface area contributed by atoms with Crippen molar-refractivity contribution in [1.29, 1.82) is 0 Å². The van der Waals surface area contributed by atoms with Gasteiger partial charge in [0.1, 0.15) is 17.1 Å². The number of nitrogens with zero attached hydrogens (tertiary/aromatic N) is 4. The maximum Gasteiger partial charge on any atom is 0.324 e. The van der Waals surface area contributed by atoms with Crippen molar-refractivity contribution in [2.24, 2.45) is 0 Å². The number of benzene rings is 2. The first-order valence-electron chi connectivity index (χ1n) is 10.2. The monoisotopic (exact) mass is 424 g/mol. The third-order valence-corrected chi connectivity index (χ3v) is 5.06. The summed E-state index contributed by atoms with van der Waals surface area (Å²) in [5, 5.41) is 5.12. The van der Waals surface area contributed by atoms with Crippen molar-refractivity contribution in [3.63, 3.8) is 0 Å². The lowest BCUT2D eigenvalue weighted by Gasteiger charge is -2.21. The van der Waals surface area contributed by atoms with Crippen LogP contribution in [0, 0.1) is 5.82 Å². The molecule has 1 aromatic heterocycles. The van der Waals surface area contributed by atoms with E-state index in [4.69, 9.17) is 4.74 Å². The van der Waals surface area contributed by atoms with Crippen molar-refractivity contribution in [1.82, 2.24) is 14.7 Å². The number of amides is 2. The second kappa shape index (κ2) is 8.02. The van der Waals surface area contributed by atoms with Crippen molar-refractivity contribution in [2.45, 2.75) is 32.8 Å². The first kappa shape index (κ1) is 20.8. The van der Waals surface area contributed by atoms with E-state index < -0.39 is 5.60 Å². The Kier molecular flexibility index (Phi) is 5.39. The first-order chi connectivity index (χ1) is 14.7. The van der Waals surface area contributed by atoms with E-state index in [1.54, 1.807) is 34.2 Å². The lowest BCUT2D eigenvalue weighted by molar-refractivity contribution is -0.154. The molecule has 0 aliphatic carbocycles. The summed E-state index contributed by atoms with van der Waals surface area (Å²) in [6.07, 6.45) is 1.79. The van der Waals surface area contributed by atoms with Gasteiger partial charge in [-0.1, -0.05) is 18.2 Å². The van der Waals surface area contributed by atoms with Crippen molar-refractivity contribution in [3.8, 4) is 5.69 Å². The minimum atomic E-state index is -0.549. The second-order valence-corrected chi connectivity index (χ2v) is 8.48. The third-order valence-electron chi connectivity index (χ3n) is 5.06. The van der Waals surface area contributed by atoms with E-state index in [-0.39, 0.29) is 24.2 Å². The molecule has 4 rings (SSSR count). The van der Waals surface area contributed by atoms with Crippen LogP contribution in [0.25, 0.3) is 16.6 Å². The van der Waals surface area contributed by atoms with Crippen LogP contribution in [-0.4, -0.2) is 51.9 Å². The molecule has 0 N–H and O–H groups in total. The Morgan fingerprint density at radius 2 is 1.84 bits per heavy atom. The van der Waals surface area contributed by atoms with Crippen LogP contribution in [0.5, 0.6) is 0 Å². The Morgan fingerprint density at radius 1 is 1.10 bits per heavy atom. The van der Waals surface area contributed by atoms with Gasteiger partial charge in [0, 0.05) is 25.0 Å². The third kappa shape index (κ3) is 4.23. The summed E-state index contributed by atoms with van der Waals surface area (Å²) in [7, 11) is 0. The highest BCUT2D eigenvalue weighted by atomic mass is 19.1. The normalized spacial score (nSPS) is 14.5. The van der Waals surface area contributed by atoms with Crippen LogP contribution in [0.3, 0.4) is 0 Å². The maximum absolute atomic E-state index is 14.3. The Hall–Kier alpha value is -3.42. The van der Waals surface area contributed by atoms with Gasteiger partial charge in [-0.05, 0) is 45.0 Å². The molecule has 2 heterocycles. The Morgan fingerprint density at radius 3 is 2.58 bits per heavy atom. The molecule has 0 saturated carbocycles. The minimum Gasteiger partial charge on any atom is -0.460 e. The van der Waals surface area contributed by atoms with E-state index in [2.05, 4.69) is 5.10 Å². The first-order valence-corrected chi connectivity index (χ1v) is 10.2. The number of carbonyl (C=O) groups is 2. The van der Waals surface area contributed by atoms with E-state index in [9.17, 15) is 14.0 Å². The van der Waals surface area contributed by atoms with Crippen LogP contribution < -0.4 is 4.90 Å². The number of para-hydroxylation sites is 1. The van der Waals surface area contributed by atoms with Crippen LogP contribution >= 0.6 is 0 Å². The highest BCUT2D eigenvalue weighted by molar-refractivity contribution is 6.03. The van der Waals surface area contributed by atoms with Gasteiger partial charge in [0.2, 0.25) is 0 Å². The van der Waals surface area contributed by atoms with Crippen molar-refractivity contribution >= 4 is 28.6 Å². The minimum absolute atomic E-state index is 0.145. The van der Waals surface area contributed by atoms with Gasteiger partial charge >= 0.3 is 12.0 Å². The number of ether oxygens (including phenoxy) is 1. The quantitative estimate of drug-likeness (QED) is 0.578. The zero-order valence-corrected chi connectivity index (χ0v) is 17.8. The number of anilines is 1. The van der Waals surface area contributed by atoms with E-state index in [1.165, 1.54) is 10.7 Å². The van der Waals surface area contributed by atoms with E-state index in [1.807, 2.05) is 39.0 Å². The standard InChI is InChI=1S/C23H25FN4O3/c1-23(2,3)31-21(29)11-12-26-13-14-27(22(26)30)18-9-6-10-19-16(18)15-25-28(19)20-8-5-4-7-17(20)24/h4-10,15H,11-14H2,1-3H3. The van der Waals surface area contributed by atoms with E-state index in [0.29, 0.717) is 36.5 Å². The second-order valence-electron chi connectivity index (χ2n) is 8.48. The molecule has 162 valence electrons. The van der Waals surface area contributed by atoms with Gasteiger partial charge in [0.25, 0.3) is 0 Å². The van der Waals surface area contributed by atoms with Crippen LogP contribution in [0.2, 0.25) is 0 Å². The maximum atomic E-state index is 14.3. The summed E-state index contributed by atoms with van der Waals surface area (Å²) in [5.74, 6) is -0.699. The van der Waals surface area contributed by atoms with Gasteiger partial charge in [-0.25, -0.2) is 13.9 Å². The summed E-state index contributed by atoms with van der Waals surface area (Å²) in [5.41, 5.74) is 1.22. The fraction of sp³-hybridized carbons (Fsp3) is 0.348. The molecule has 0 atom stereocenters. The zero-order valence-electron chi connectivity index (χ0n) is 17.8. The SMILES string of the molecule is CC(C)(C)OC(=O)CCN1CCN(c2cccc3c2cnn3-c2ccccc2F)C1=O. The number of fused-ring (bicyclic) bond motifs is 1. The summed E-state index contributed by atoms with van der Waals surface area (Å²) in [6.45, 7) is 6.76. The lowest BCUT2D eigenvalue weighted by Crippen LogP contribution is -2.34. The van der Waals surface area contributed by atoms with Crippen LogP contribution in [-0.2, 0) is 9.53 Å². The average Bonchev–Trinajstić information content (AvgIpc) is 3.29. The van der Waals surface area contributed by atoms with E-state index in [0.717, 1.165) is 5.39 Å². The summed E-state index contributed by atoms with van der Waals surface area (Å²) in [4.78, 5) is 28.3. The molecule has 0 radical (unpaired) electrons. The smallest absolute Gasteiger partial charge is 0.324 e. The van der Waals surface area contributed by atoms with Crippen molar-refractivity contribution in [2.75, 3.05) is 24.5 Å². The molecule has 8 heteroatoms. The molecule has 7 nitrogen and oxygen atoms in total. The Balaban J connectivity index is 1.54. The van der Waals surface area contributed by atoms with Crippen LogP contribution in [0.1, 0.15) is 27.2 Å². The number of rotatable bonds is 5. The molecule has 31 heavy (non-hydrogen) atoms. The summed E-state index contributed by atoms with van der Waals surface area (Å²) >= 11 is 0. The Labute approximate surface area is 180 Å². The molecule has 1 aliphatic rings. The highest BCUT2D eigenvalue weighted by Crippen LogP contribution is 2.31. The summed E-state index contributed by atoms with van der Waals surface area (Å²) < 4.78 is 21.1. The van der Waals surface area contributed by atoms with E-state index >= 15 is 0 Å². The fourth-order valence-corrected chi connectivity index (χ4v) is 3.72. The summed E-state index contributed by atoms with van der Waals surface area (Å²) in [6, 6.07) is 11.8. The number of carbonyl (C=O) groups excluding carboxylic acids is 2. The molecule has 1 saturated heterocycles. The predicted molar refractivity (Wildman–Crippen MR) is 116 cm³/mol. The van der Waals surface area contributed by atoms with Gasteiger partial charge in [-0.3, -0.25) is 9.69 Å². The number of esters is 1. The fourth-order valence-electron chi connectivity index (χ4n) is 3.72. The van der Waals surface area contributed by atoms with Crippen LogP contribution in [0.4, 0.5) is 14.9 Å². The molecular weight excluding hydrogens is 399 g/mol. The zero-order chi connectivity index (χ0) is 22.2. The number of hydrogen-bond acceptors (Lipinski definition) is 4. The number of urea groups is 1. The van der Waals surface area contributed by atoms with Crippen molar-refractivity contribution < 1.29 is 18.7 Å². The van der Waals surface area contributed by atoms with Gasteiger partial charge < -0.3 is 9.64 Å². The topological polar surface area (TPSA) is 67.7 Å².